The van der Waals surface area contributed by atoms with Gasteiger partial charge in [-0.1, -0.05) is 0 Å². The molecule has 0 saturated carbocycles. The summed E-state index contributed by atoms with van der Waals surface area (Å²) in [7, 11) is 0. The summed E-state index contributed by atoms with van der Waals surface area (Å²) in [6, 6.07) is 2.47. The zero-order chi connectivity index (χ0) is 17.1. The summed E-state index contributed by atoms with van der Waals surface area (Å²) < 4.78 is 1.87. The Morgan fingerprint density at radius 2 is 1.92 bits per heavy atom. The first-order valence-electron chi connectivity index (χ1n) is 10.0. The Hall–Kier alpha value is -1.40. The van der Waals surface area contributed by atoms with Crippen LogP contribution in [-0.2, 0) is 17.8 Å². The van der Waals surface area contributed by atoms with Gasteiger partial charge in [-0.25, -0.2) is 0 Å². The third kappa shape index (κ3) is 4.06. The Labute approximate surface area is 150 Å². The maximum atomic E-state index is 12.6. The molecule has 3 aliphatic heterocycles. The van der Waals surface area contributed by atoms with E-state index in [-0.39, 0.29) is 5.91 Å². The van der Waals surface area contributed by atoms with Gasteiger partial charge < -0.3 is 15.1 Å². The molecule has 0 aliphatic carbocycles. The molecule has 1 aromatic heterocycles. The van der Waals surface area contributed by atoms with Crippen LogP contribution in [0.4, 0.5) is 0 Å². The number of hydrogen-bond donors (Lipinski definition) is 1. The second-order valence-electron chi connectivity index (χ2n) is 7.87. The number of piperidine rings is 2. The van der Waals surface area contributed by atoms with Crippen LogP contribution in [0.25, 0.3) is 0 Å². The van der Waals surface area contributed by atoms with E-state index in [9.17, 15) is 4.79 Å². The third-order valence-electron chi connectivity index (χ3n) is 6.33. The van der Waals surface area contributed by atoms with E-state index in [0.717, 1.165) is 44.8 Å². The van der Waals surface area contributed by atoms with Crippen molar-refractivity contribution < 1.29 is 4.79 Å². The number of fused-ring (bicyclic) bond motifs is 1. The highest BCUT2D eigenvalue weighted by Crippen LogP contribution is 2.22. The second kappa shape index (κ2) is 7.87. The molecular weight excluding hydrogens is 314 g/mol. The normalized spacial score (nSPS) is 24.3. The molecule has 1 N–H and O–H groups in total. The van der Waals surface area contributed by atoms with Crippen molar-refractivity contribution in [2.75, 3.05) is 39.3 Å². The van der Waals surface area contributed by atoms with Crippen LogP contribution in [0.15, 0.2) is 12.3 Å². The lowest BCUT2D eigenvalue weighted by Crippen LogP contribution is -2.48. The predicted molar refractivity (Wildman–Crippen MR) is 97.3 cm³/mol. The van der Waals surface area contributed by atoms with Crippen molar-refractivity contribution in [3.05, 3.63) is 18.0 Å². The van der Waals surface area contributed by atoms with Gasteiger partial charge in [-0.2, -0.15) is 5.10 Å². The Morgan fingerprint density at radius 1 is 1.12 bits per heavy atom. The molecule has 0 bridgehead atoms. The molecule has 6 nitrogen and oxygen atoms in total. The van der Waals surface area contributed by atoms with Crippen molar-refractivity contribution in [2.45, 2.75) is 51.1 Å². The van der Waals surface area contributed by atoms with Gasteiger partial charge in [-0.15, -0.1) is 0 Å². The summed E-state index contributed by atoms with van der Waals surface area (Å²) in [5, 5.41) is 7.74. The first kappa shape index (κ1) is 17.0. The van der Waals surface area contributed by atoms with E-state index < -0.39 is 0 Å². The molecule has 1 aromatic rings. The number of amides is 1. The maximum absolute atomic E-state index is 12.6. The molecule has 2 fully saturated rings. The van der Waals surface area contributed by atoms with Crippen molar-refractivity contribution in [1.29, 1.82) is 0 Å². The molecule has 25 heavy (non-hydrogen) atoms. The highest BCUT2D eigenvalue weighted by atomic mass is 16.2. The lowest BCUT2D eigenvalue weighted by molar-refractivity contribution is -0.134. The average molecular weight is 345 g/mol. The van der Waals surface area contributed by atoms with Crippen LogP contribution in [0.1, 0.15) is 37.8 Å². The zero-order valence-electron chi connectivity index (χ0n) is 15.2. The number of likely N-dealkylation sites (tertiary alicyclic amines) is 1. The van der Waals surface area contributed by atoms with Gasteiger partial charge >= 0.3 is 0 Å². The number of nitrogens with one attached hydrogen (secondary N) is 1. The quantitative estimate of drug-likeness (QED) is 0.889. The van der Waals surface area contributed by atoms with Crippen LogP contribution >= 0.6 is 0 Å². The van der Waals surface area contributed by atoms with Crippen molar-refractivity contribution in [1.82, 2.24) is 24.9 Å². The predicted octanol–water partition coefficient (Wildman–Crippen LogP) is 1.12. The van der Waals surface area contributed by atoms with E-state index in [4.69, 9.17) is 0 Å². The van der Waals surface area contributed by atoms with E-state index in [0.29, 0.717) is 12.6 Å². The molecule has 0 spiro atoms. The van der Waals surface area contributed by atoms with Crippen LogP contribution in [0.3, 0.4) is 0 Å². The van der Waals surface area contributed by atoms with E-state index in [1.54, 1.807) is 6.20 Å². The SMILES string of the molecule is O=C1Cn2nccc2CCN1C1CCN(CCC2CCNCC2)CC1. The van der Waals surface area contributed by atoms with Crippen LogP contribution in [0.2, 0.25) is 0 Å². The van der Waals surface area contributed by atoms with Crippen molar-refractivity contribution in [3.63, 3.8) is 0 Å². The Bertz CT molecular complexity index is 572. The van der Waals surface area contributed by atoms with E-state index in [1.807, 2.05) is 10.7 Å². The standard InChI is InChI=1S/C19H31N5O/c25-19-15-24-18(3-10-21-24)7-14-23(19)17-5-12-22(13-6-17)11-4-16-1-8-20-9-2-16/h3,10,16-17,20H,1-2,4-9,11-15H2. The molecule has 0 unspecified atom stereocenters. The number of rotatable bonds is 4. The van der Waals surface area contributed by atoms with Gasteiger partial charge in [0.15, 0.2) is 0 Å². The van der Waals surface area contributed by atoms with Crippen LogP contribution < -0.4 is 5.32 Å². The van der Waals surface area contributed by atoms with Crippen molar-refractivity contribution in [3.8, 4) is 0 Å². The van der Waals surface area contributed by atoms with Gasteiger partial charge in [0.05, 0.1) is 0 Å². The Kier molecular flexibility index (Phi) is 5.36. The molecule has 0 radical (unpaired) electrons. The topological polar surface area (TPSA) is 53.4 Å². The summed E-state index contributed by atoms with van der Waals surface area (Å²) >= 11 is 0. The van der Waals surface area contributed by atoms with Crippen LogP contribution in [0.5, 0.6) is 0 Å². The highest BCUT2D eigenvalue weighted by molar-refractivity contribution is 5.76. The Balaban J connectivity index is 1.24. The van der Waals surface area contributed by atoms with E-state index >= 15 is 0 Å². The van der Waals surface area contributed by atoms with Crippen molar-refractivity contribution >= 4 is 5.91 Å². The van der Waals surface area contributed by atoms with Gasteiger partial charge in [0.1, 0.15) is 6.54 Å². The van der Waals surface area contributed by atoms with Gasteiger partial charge in [0, 0.05) is 44.0 Å². The van der Waals surface area contributed by atoms with E-state index in [1.165, 1.54) is 44.6 Å². The van der Waals surface area contributed by atoms with Crippen LogP contribution in [0, 0.1) is 5.92 Å². The maximum Gasteiger partial charge on any atom is 0.244 e. The minimum atomic E-state index is 0.246. The van der Waals surface area contributed by atoms with Crippen LogP contribution in [-0.4, -0.2) is 70.8 Å². The first-order valence-corrected chi connectivity index (χ1v) is 10.0. The largest absolute Gasteiger partial charge is 0.338 e. The number of hydrogen-bond acceptors (Lipinski definition) is 4. The molecule has 1 amide bonds. The van der Waals surface area contributed by atoms with Gasteiger partial charge in [-0.05, 0) is 63.7 Å². The monoisotopic (exact) mass is 345 g/mol. The number of carbonyl (C=O) groups is 1. The minimum absolute atomic E-state index is 0.246. The molecule has 2 saturated heterocycles. The molecular formula is C19H31N5O. The smallest absolute Gasteiger partial charge is 0.244 e. The summed E-state index contributed by atoms with van der Waals surface area (Å²) in [6.45, 7) is 7.18. The Morgan fingerprint density at radius 3 is 2.72 bits per heavy atom. The summed E-state index contributed by atoms with van der Waals surface area (Å²) in [5.41, 5.74) is 1.19. The molecule has 0 atom stereocenters. The average Bonchev–Trinajstić information content (AvgIpc) is 3.02. The fourth-order valence-electron chi connectivity index (χ4n) is 4.67. The lowest BCUT2D eigenvalue weighted by atomic mass is 9.94. The molecule has 138 valence electrons. The minimum Gasteiger partial charge on any atom is -0.338 e. The first-order chi connectivity index (χ1) is 12.3. The fourth-order valence-corrected chi connectivity index (χ4v) is 4.67. The number of carbonyl (C=O) groups excluding carboxylic acids is 1. The molecule has 0 aromatic carbocycles. The van der Waals surface area contributed by atoms with Crippen molar-refractivity contribution in [2.24, 2.45) is 5.92 Å². The number of aromatic nitrogens is 2. The van der Waals surface area contributed by atoms with Gasteiger partial charge in [-0.3, -0.25) is 9.48 Å². The summed E-state index contributed by atoms with van der Waals surface area (Å²) in [4.78, 5) is 17.4. The fraction of sp³-hybridized carbons (Fsp3) is 0.789. The van der Waals surface area contributed by atoms with Gasteiger partial charge in [0.2, 0.25) is 5.91 Å². The lowest BCUT2D eigenvalue weighted by Gasteiger charge is -2.38. The molecule has 3 aliphatic rings. The zero-order valence-corrected chi connectivity index (χ0v) is 15.2. The molecule has 6 heteroatoms. The van der Waals surface area contributed by atoms with Gasteiger partial charge in [0.25, 0.3) is 0 Å². The molecule has 4 heterocycles. The summed E-state index contributed by atoms with van der Waals surface area (Å²) in [5.74, 6) is 1.16. The molecule has 4 rings (SSSR count). The third-order valence-corrected chi connectivity index (χ3v) is 6.33. The van der Waals surface area contributed by atoms with E-state index in [2.05, 4.69) is 20.2 Å². The second-order valence-corrected chi connectivity index (χ2v) is 7.87. The summed E-state index contributed by atoms with van der Waals surface area (Å²) in [6.07, 6.45) is 9.01. The highest BCUT2D eigenvalue weighted by Gasteiger charge is 2.30. The number of nitrogens with zero attached hydrogens (tertiary/aromatic N) is 4.